The van der Waals surface area contributed by atoms with E-state index in [9.17, 15) is 9.59 Å². The Labute approximate surface area is 170 Å². The number of hydrogen-bond acceptors (Lipinski definition) is 5. The Morgan fingerprint density at radius 1 is 1.00 bits per heavy atom. The molecule has 2 aromatic rings. The van der Waals surface area contributed by atoms with Crippen LogP contribution in [0.2, 0.25) is 0 Å². The zero-order valence-corrected chi connectivity index (χ0v) is 16.5. The van der Waals surface area contributed by atoms with E-state index in [1.165, 1.54) is 17.5 Å². The topological polar surface area (TPSA) is 73.9 Å². The van der Waals surface area contributed by atoms with Gasteiger partial charge in [0.2, 0.25) is 0 Å². The van der Waals surface area contributed by atoms with Crippen LogP contribution >= 0.6 is 0 Å². The van der Waals surface area contributed by atoms with Crippen molar-refractivity contribution in [2.75, 3.05) is 19.8 Å². The van der Waals surface area contributed by atoms with E-state index in [0.717, 1.165) is 24.8 Å². The van der Waals surface area contributed by atoms with Gasteiger partial charge in [-0.25, -0.2) is 4.79 Å². The molecule has 1 amide bonds. The van der Waals surface area contributed by atoms with E-state index >= 15 is 0 Å². The first-order valence-corrected chi connectivity index (χ1v) is 10.1. The molecule has 0 fully saturated rings. The van der Waals surface area contributed by atoms with Crippen molar-refractivity contribution in [3.05, 3.63) is 58.7 Å². The second kappa shape index (κ2) is 8.55. The maximum absolute atomic E-state index is 12.3. The number of fused-ring (bicyclic) bond motifs is 2. The third-order valence-electron chi connectivity index (χ3n) is 5.36. The summed E-state index contributed by atoms with van der Waals surface area (Å²) in [5.41, 5.74) is 3.91. The summed E-state index contributed by atoms with van der Waals surface area (Å²) < 4.78 is 16.3. The molecule has 0 aromatic heterocycles. The van der Waals surface area contributed by atoms with Gasteiger partial charge >= 0.3 is 5.97 Å². The van der Waals surface area contributed by atoms with Crippen molar-refractivity contribution in [1.82, 2.24) is 5.32 Å². The second-order valence-electron chi connectivity index (χ2n) is 7.46. The molecule has 6 heteroatoms. The van der Waals surface area contributed by atoms with Gasteiger partial charge in [-0.3, -0.25) is 4.79 Å². The van der Waals surface area contributed by atoms with Crippen LogP contribution in [0.3, 0.4) is 0 Å². The molecule has 152 valence electrons. The third kappa shape index (κ3) is 4.53. The molecule has 1 atom stereocenters. The first kappa shape index (κ1) is 19.3. The summed E-state index contributed by atoms with van der Waals surface area (Å²) in [4.78, 5) is 24.6. The molecular formula is C23H25NO5. The van der Waals surface area contributed by atoms with E-state index in [1.54, 1.807) is 6.07 Å². The van der Waals surface area contributed by atoms with Crippen molar-refractivity contribution in [3.8, 4) is 11.5 Å². The van der Waals surface area contributed by atoms with Gasteiger partial charge in [0.05, 0.1) is 11.6 Å². The maximum Gasteiger partial charge on any atom is 0.338 e. The van der Waals surface area contributed by atoms with Crippen molar-refractivity contribution in [2.24, 2.45) is 0 Å². The number of benzene rings is 2. The molecule has 2 aromatic carbocycles. The number of ether oxygens (including phenoxy) is 3. The summed E-state index contributed by atoms with van der Waals surface area (Å²) in [7, 11) is 0. The maximum atomic E-state index is 12.3. The minimum absolute atomic E-state index is 0.249. The molecule has 0 saturated heterocycles. The van der Waals surface area contributed by atoms with Gasteiger partial charge in [0, 0.05) is 0 Å². The number of rotatable bonds is 5. The highest BCUT2D eigenvalue weighted by molar-refractivity contribution is 5.91. The molecule has 1 aliphatic heterocycles. The summed E-state index contributed by atoms with van der Waals surface area (Å²) in [6, 6.07) is 11.0. The van der Waals surface area contributed by atoms with Crippen LogP contribution in [-0.2, 0) is 22.4 Å². The zero-order valence-electron chi connectivity index (χ0n) is 16.5. The predicted octanol–water partition coefficient (Wildman–Crippen LogP) is 3.37. The zero-order chi connectivity index (χ0) is 20.2. The highest BCUT2D eigenvalue weighted by Crippen LogP contribution is 2.32. The molecule has 0 spiro atoms. The fourth-order valence-electron chi connectivity index (χ4n) is 3.77. The first-order valence-electron chi connectivity index (χ1n) is 10.1. The van der Waals surface area contributed by atoms with Gasteiger partial charge in [0.15, 0.2) is 18.1 Å². The van der Waals surface area contributed by atoms with Crippen molar-refractivity contribution >= 4 is 11.9 Å². The number of nitrogens with one attached hydrogen (secondary N) is 1. The number of esters is 1. The minimum Gasteiger partial charge on any atom is -0.486 e. The smallest absolute Gasteiger partial charge is 0.338 e. The summed E-state index contributed by atoms with van der Waals surface area (Å²) in [5, 5.41) is 2.85. The van der Waals surface area contributed by atoms with Crippen LogP contribution in [0.15, 0.2) is 36.4 Å². The van der Waals surface area contributed by atoms with Gasteiger partial charge in [-0.05, 0) is 73.6 Å². The molecule has 6 nitrogen and oxygen atoms in total. The Morgan fingerprint density at radius 2 is 1.76 bits per heavy atom. The first-order chi connectivity index (χ1) is 14.1. The van der Waals surface area contributed by atoms with E-state index in [4.69, 9.17) is 14.2 Å². The third-order valence-corrected chi connectivity index (χ3v) is 5.36. The van der Waals surface area contributed by atoms with Crippen LogP contribution in [-0.4, -0.2) is 31.7 Å². The normalized spacial score (nSPS) is 15.8. The van der Waals surface area contributed by atoms with Gasteiger partial charge in [-0.15, -0.1) is 0 Å². The van der Waals surface area contributed by atoms with Crippen molar-refractivity contribution in [1.29, 1.82) is 0 Å². The Balaban J connectivity index is 1.31. The average Bonchev–Trinajstić information content (AvgIpc) is 2.76. The number of aryl methyl sites for hydroxylation is 2. The standard InChI is InChI=1S/C23H25NO5/c1-15(17-8-9-20-21(13-17)28-11-10-27-20)24-22(25)14-29-23(26)19-7-6-16-4-2-3-5-18(16)12-19/h6-9,12-13,15H,2-5,10-11,14H2,1H3,(H,24,25)/t15-/m0/s1. The lowest BCUT2D eigenvalue weighted by Gasteiger charge is -2.21. The molecule has 1 heterocycles. The lowest BCUT2D eigenvalue weighted by atomic mass is 9.90. The number of amides is 1. The highest BCUT2D eigenvalue weighted by Gasteiger charge is 2.18. The summed E-state index contributed by atoms with van der Waals surface area (Å²) in [6.45, 7) is 2.60. The molecule has 0 radical (unpaired) electrons. The Hall–Kier alpha value is -3.02. The monoisotopic (exact) mass is 395 g/mol. The summed E-state index contributed by atoms with van der Waals surface area (Å²) in [6.07, 6.45) is 4.39. The largest absolute Gasteiger partial charge is 0.486 e. The molecule has 2 aliphatic rings. The molecule has 4 rings (SSSR count). The van der Waals surface area contributed by atoms with Crippen molar-refractivity contribution in [3.63, 3.8) is 0 Å². The lowest BCUT2D eigenvalue weighted by molar-refractivity contribution is -0.124. The quantitative estimate of drug-likeness (QED) is 0.786. The van der Waals surface area contributed by atoms with Crippen LogP contribution in [0.25, 0.3) is 0 Å². The van der Waals surface area contributed by atoms with Gasteiger partial charge in [-0.1, -0.05) is 12.1 Å². The van der Waals surface area contributed by atoms with Crippen LogP contribution in [0, 0.1) is 0 Å². The van der Waals surface area contributed by atoms with Gasteiger partial charge in [0.1, 0.15) is 13.2 Å². The fourth-order valence-corrected chi connectivity index (χ4v) is 3.77. The number of carbonyl (C=O) groups is 2. The van der Waals surface area contributed by atoms with Crippen molar-refractivity contribution < 1.29 is 23.8 Å². The summed E-state index contributed by atoms with van der Waals surface area (Å²) in [5.74, 6) is 0.561. The van der Waals surface area contributed by atoms with E-state index < -0.39 is 5.97 Å². The molecule has 0 bridgehead atoms. The number of carbonyl (C=O) groups excluding carboxylic acids is 2. The van der Waals surface area contributed by atoms with E-state index in [-0.39, 0.29) is 18.6 Å². The average molecular weight is 395 g/mol. The van der Waals surface area contributed by atoms with E-state index in [2.05, 4.69) is 5.32 Å². The Bertz CT molecular complexity index is 923. The highest BCUT2D eigenvalue weighted by atomic mass is 16.6. The Morgan fingerprint density at radius 3 is 2.59 bits per heavy atom. The van der Waals surface area contributed by atoms with Crippen LogP contribution in [0.5, 0.6) is 11.5 Å². The molecule has 0 saturated carbocycles. The second-order valence-corrected chi connectivity index (χ2v) is 7.46. The molecule has 0 unspecified atom stereocenters. The fraction of sp³-hybridized carbons (Fsp3) is 0.391. The van der Waals surface area contributed by atoms with Gasteiger partial charge in [-0.2, -0.15) is 0 Å². The van der Waals surface area contributed by atoms with Crippen LogP contribution in [0.1, 0.15) is 52.9 Å². The lowest BCUT2D eigenvalue weighted by Crippen LogP contribution is -2.31. The van der Waals surface area contributed by atoms with Gasteiger partial charge in [0.25, 0.3) is 5.91 Å². The van der Waals surface area contributed by atoms with E-state index in [0.29, 0.717) is 30.3 Å². The Kier molecular flexibility index (Phi) is 5.69. The number of hydrogen-bond donors (Lipinski definition) is 1. The summed E-state index contributed by atoms with van der Waals surface area (Å²) >= 11 is 0. The molecule has 1 aliphatic carbocycles. The SMILES string of the molecule is C[C@H](NC(=O)COC(=O)c1ccc2c(c1)CCCC2)c1ccc2c(c1)OCCO2. The predicted molar refractivity (Wildman–Crippen MR) is 107 cm³/mol. The molecular weight excluding hydrogens is 370 g/mol. The molecule has 1 N–H and O–H groups in total. The van der Waals surface area contributed by atoms with Crippen LogP contribution in [0.4, 0.5) is 0 Å². The molecule has 29 heavy (non-hydrogen) atoms. The van der Waals surface area contributed by atoms with Gasteiger partial charge < -0.3 is 19.5 Å². The van der Waals surface area contributed by atoms with Crippen LogP contribution < -0.4 is 14.8 Å². The van der Waals surface area contributed by atoms with Crippen molar-refractivity contribution in [2.45, 2.75) is 38.6 Å². The van der Waals surface area contributed by atoms with E-state index in [1.807, 2.05) is 37.3 Å². The minimum atomic E-state index is -0.472.